The van der Waals surface area contributed by atoms with Crippen LogP contribution in [0.3, 0.4) is 0 Å². The van der Waals surface area contributed by atoms with Gasteiger partial charge in [-0.2, -0.15) is 0 Å². The number of fused-ring (bicyclic) bond motifs is 1. The van der Waals surface area contributed by atoms with Crippen LogP contribution in [0.1, 0.15) is 17.5 Å². The molecule has 1 aliphatic rings. The number of carbonyl (C=O) groups excluding carboxylic acids is 1. The summed E-state index contributed by atoms with van der Waals surface area (Å²) in [5.74, 6) is 0.0629. The molecule has 7 heteroatoms. The van der Waals surface area contributed by atoms with Crippen LogP contribution >= 0.6 is 11.6 Å². The van der Waals surface area contributed by atoms with Gasteiger partial charge in [-0.05, 0) is 31.9 Å². The lowest BCUT2D eigenvalue weighted by Gasteiger charge is -2.16. The smallest absolute Gasteiger partial charge is 0.339 e. The number of hydrogen-bond acceptors (Lipinski definition) is 5. The molecule has 1 fully saturated rings. The maximum Gasteiger partial charge on any atom is 0.339 e. The molecule has 2 aromatic rings. The van der Waals surface area contributed by atoms with Gasteiger partial charge in [0, 0.05) is 30.1 Å². The molecular weight excluding hydrogens is 334 g/mol. The first kappa shape index (κ1) is 16.8. The van der Waals surface area contributed by atoms with Gasteiger partial charge in [0.15, 0.2) is 6.61 Å². The van der Waals surface area contributed by atoms with E-state index in [1.54, 1.807) is 17.9 Å². The van der Waals surface area contributed by atoms with E-state index in [1.807, 2.05) is 6.92 Å². The van der Waals surface area contributed by atoms with Crippen LogP contribution < -0.4 is 10.4 Å². The van der Waals surface area contributed by atoms with Crippen LogP contribution in [0.25, 0.3) is 11.0 Å². The van der Waals surface area contributed by atoms with Gasteiger partial charge in [-0.15, -0.1) is 0 Å². The number of aryl methyl sites for hydroxylation is 1. The molecule has 1 amide bonds. The van der Waals surface area contributed by atoms with E-state index in [2.05, 4.69) is 0 Å². The second-order valence-electron chi connectivity index (χ2n) is 5.99. The number of β-amino-alcohol motifs (C(OH)–C–C–N with tert-alkyl or cyclic N) is 1. The van der Waals surface area contributed by atoms with Gasteiger partial charge in [0.05, 0.1) is 11.1 Å². The fourth-order valence-corrected chi connectivity index (χ4v) is 2.97. The van der Waals surface area contributed by atoms with Crippen molar-refractivity contribution in [1.82, 2.24) is 4.90 Å². The van der Waals surface area contributed by atoms with E-state index in [1.165, 1.54) is 6.07 Å². The summed E-state index contributed by atoms with van der Waals surface area (Å²) in [5, 5.41) is 10.5. The third-order valence-electron chi connectivity index (χ3n) is 4.38. The Kier molecular flexibility index (Phi) is 4.51. The molecule has 1 N–H and O–H groups in total. The summed E-state index contributed by atoms with van der Waals surface area (Å²) >= 11 is 6.22. The molecule has 1 saturated heterocycles. The third-order valence-corrected chi connectivity index (χ3v) is 4.67. The highest BCUT2D eigenvalue weighted by Gasteiger charge is 2.25. The van der Waals surface area contributed by atoms with Crippen molar-refractivity contribution in [3.05, 3.63) is 38.7 Å². The topological polar surface area (TPSA) is 80.0 Å². The summed E-state index contributed by atoms with van der Waals surface area (Å²) < 4.78 is 10.8. The minimum atomic E-state index is -0.473. The molecule has 0 aliphatic carbocycles. The molecule has 1 atom stereocenters. The molecule has 1 aromatic carbocycles. The number of likely N-dealkylation sites (tertiary alicyclic amines) is 1. The molecule has 6 nitrogen and oxygen atoms in total. The van der Waals surface area contributed by atoms with Gasteiger partial charge in [0.25, 0.3) is 5.91 Å². The predicted octanol–water partition coefficient (Wildman–Crippen LogP) is 2.04. The molecule has 1 aromatic heterocycles. The summed E-state index contributed by atoms with van der Waals surface area (Å²) in [4.78, 5) is 25.4. The molecule has 0 spiro atoms. The van der Waals surface area contributed by atoms with E-state index < -0.39 is 11.7 Å². The Morgan fingerprint density at radius 2 is 2.17 bits per heavy atom. The van der Waals surface area contributed by atoms with Crippen molar-refractivity contribution in [3.63, 3.8) is 0 Å². The molecular formula is C17H18ClNO5. The van der Waals surface area contributed by atoms with E-state index in [0.717, 1.165) is 10.9 Å². The highest BCUT2D eigenvalue weighted by Crippen LogP contribution is 2.31. The van der Waals surface area contributed by atoms with Crippen LogP contribution in [-0.4, -0.2) is 41.7 Å². The maximum absolute atomic E-state index is 12.1. The van der Waals surface area contributed by atoms with Crippen molar-refractivity contribution in [3.8, 4) is 5.75 Å². The number of ether oxygens (including phenoxy) is 1. The Hall–Kier alpha value is -2.05. The van der Waals surface area contributed by atoms with Gasteiger partial charge in [-0.25, -0.2) is 4.79 Å². The van der Waals surface area contributed by atoms with Crippen LogP contribution in [0, 0.1) is 13.8 Å². The van der Waals surface area contributed by atoms with Gasteiger partial charge < -0.3 is 19.2 Å². The first-order chi connectivity index (χ1) is 11.4. The van der Waals surface area contributed by atoms with E-state index in [4.69, 9.17) is 20.8 Å². The van der Waals surface area contributed by atoms with Gasteiger partial charge in [0.1, 0.15) is 11.3 Å². The zero-order valence-electron chi connectivity index (χ0n) is 13.5. The second-order valence-corrected chi connectivity index (χ2v) is 6.40. The normalized spacial score (nSPS) is 17.5. The number of aliphatic hydroxyl groups excluding tert-OH is 1. The van der Waals surface area contributed by atoms with E-state index in [9.17, 15) is 14.7 Å². The zero-order chi connectivity index (χ0) is 17.4. The summed E-state index contributed by atoms with van der Waals surface area (Å²) in [6.07, 6.45) is 0.102. The van der Waals surface area contributed by atoms with Crippen LogP contribution in [-0.2, 0) is 4.79 Å². The zero-order valence-corrected chi connectivity index (χ0v) is 14.2. The standard InChI is InChI=1S/C17H18ClNO5/c1-9-10(2)17(22)24-14-6-15(13(18)5-12(9)14)23-8-16(21)19-4-3-11(20)7-19/h5-6,11,20H,3-4,7-8H2,1-2H3/t11-/m1/s1. The number of benzene rings is 1. The predicted molar refractivity (Wildman–Crippen MR) is 89.7 cm³/mol. The Balaban J connectivity index is 1.82. The molecule has 1 aliphatic heterocycles. The molecule has 24 heavy (non-hydrogen) atoms. The summed E-state index contributed by atoms with van der Waals surface area (Å²) in [6.45, 7) is 4.17. The average Bonchev–Trinajstić information content (AvgIpc) is 2.98. The minimum absolute atomic E-state index is 0.187. The van der Waals surface area contributed by atoms with Crippen molar-refractivity contribution < 1.29 is 19.1 Å². The van der Waals surface area contributed by atoms with Crippen molar-refractivity contribution in [1.29, 1.82) is 0 Å². The van der Waals surface area contributed by atoms with E-state index >= 15 is 0 Å². The number of nitrogens with zero attached hydrogens (tertiary/aromatic N) is 1. The monoisotopic (exact) mass is 351 g/mol. The van der Waals surface area contributed by atoms with Crippen LogP contribution in [0.5, 0.6) is 5.75 Å². The maximum atomic E-state index is 12.1. The van der Waals surface area contributed by atoms with Crippen LogP contribution in [0.15, 0.2) is 21.3 Å². The molecule has 128 valence electrons. The van der Waals surface area contributed by atoms with Crippen molar-refractivity contribution in [2.75, 3.05) is 19.7 Å². The van der Waals surface area contributed by atoms with Gasteiger partial charge in [-0.1, -0.05) is 11.6 Å². The van der Waals surface area contributed by atoms with Crippen molar-refractivity contribution >= 4 is 28.5 Å². The highest BCUT2D eigenvalue weighted by atomic mass is 35.5. The molecule has 0 unspecified atom stereocenters. The quantitative estimate of drug-likeness (QED) is 0.856. The first-order valence-corrected chi connectivity index (χ1v) is 8.07. The molecule has 3 rings (SSSR count). The Bertz CT molecular complexity index is 860. The van der Waals surface area contributed by atoms with Crippen molar-refractivity contribution in [2.24, 2.45) is 0 Å². The summed E-state index contributed by atoms with van der Waals surface area (Å²) in [6, 6.07) is 3.19. The lowest BCUT2D eigenvalue weighted by Crippen LogP contribution is -2.33. The highest BCUT2D eigenvalue weighted by molar-refractivity contribution is 6.32. The number of hydrogen-bond donors (Lipinski definition) is 1. The Labute approximate surface area is 143 Å². The van der Waals surface area contributed by atoms with Crippen molar-refractivity contribution in [2.45, 2.75) is 26.4 Å². The SMILES string of the molecule is Cc1c(C)c2cc(Cl)c(OCC(=O)N3CC[C@@H](O)C3)cc2oc1=O. The van der Waals surface area contributed by atoms with Crippen LogP contribution in [0.4, 0.5) is 0 Å². The molecule has 2 heterocycles. The van der Waals surface area contributed by atoms with Crippen LogP contribution in [0.2, 0.25) is 5.02 Å². The fraction of sp³-hybridized carbons (Fsp3) is 0.412. The van der Waals surface area contributed by atoms with Gasteiger partial charge >= 0.3 is 5.63 Å². The fourth-order valence-electron chi connectivity index (χ4n) is 2.75. The number of rotatable bonds is 3. The second kappa shape index (κ2) is 6.45. The van der Waals surface area contributed by atoms with Gasteiger partial charge in [-0.3, -0.25) is 4.79 Å². The lowest BCUT2D eigenvalue weighted by atomic mass is 10.1. The summed E-state index contributed by atoms with van der Waals surface area (Å²) in [7, 11) is 0. The lowest BCUT2D eigenvalue weighted by molar-refractivity contribution is -0.132. The van der Waals surface area contributed by atoms with E-state index in [0.29, 0.717) is 35.7 Å². The largest absolute Gasteiger partial charge is 0.482 e. The number of halogens is 1. The molecule has 0 radical (unpaired) electrons. The minimum Gasteiger partial charge on any atom is -0.482 e. The Morgan fingerprint density at radius 1 is 1.42 bits per heavy atom. The van der Waals surface area contributed by atoms with Gasteiger partial charge in [0.2, 0.25) is 0 Å². The number of aliphatic hydroxyl groups is 1. The Morgan fingerprint density at radius 3 is 2.83 bits per heavy atom. The van der Waals surface area contributed by atoms with E-state index in [-0.39, 0.29) is 18.3 Å². The third kappa shape index (κ3) is 3.12. The number of amides is 1. The summed E-state index contributed by atoms with van der Waals surface area (Å²) in [5.41, 5.74) is 1.30. The molecule has 0 saturated carbocycles. The average molecular weight is 352 g/mol. The first-order valence-electron chi connectivity index (χ1n) is 7.69. The number of carbonyl (C=O) groups is 1. The molecule has 0 bridgehead atoms.